The molecule has 1 N–H and O–H groups in total. The Morgan fingerprint density at radius 3 is 1.92 bits per heavy atom. The lowest BCUT2D eigenvalue weighted by molar-refractivity contribution is -0.0829. The first kappa shape index (κ1) is 12.9. The summed E-state index contributed by atoms with van der Waals surface area (Å²) < 4.78 is 5.21. The highest BCUT2D eigenvalue weighted by molar-refractivity contribution is 4.79. The van der Waals surface area contributed by atoms with E-state index in [0.717, 1.165) is 12.8 Å². The molecule has 0 bridgehead atoms. The highest BCUT2D eigenvalue weighted by Gasteiger charge is 2.28. The molecular weight excluding hydrogens is 164 g/mol. The summed E-state index contributed by atoms with van der Waals surface area (Å²) in [6.07, 6.45) is 1.43. The van der Waals surface area contributed by atoms with Gasteiger partial charge >= 0.3 is 0 Å². The van der Waals surface area contributed by atoms with E-state index in [4.69, 9.17) is 4.74 Å². The Labute approximate surface area is 82.3 Å². The first-order valence-corrected chi connectivity index (χ1v) is 4.92. The molecule has 0 aliphatic carbocycles. The molecule has 0 saturated carbocycles. The minimum atomic E-state index is -0.425. The maximum atomic E-state index is 9.82. The molecule has 0 rings (SSSR count). The second kappa shape index (κ2) is 4.43. The zero-order valence-electron chi connectivity index (χ0n) is 9.85. The van der Waals surface area contributed by atoms with Crippen LogP contribution in [0.3, 0.4) is 0 Å². The average Bonchev–Trinajstić information content (AvgIpc) is 1.98. The summed E-state index contributed by atoms with van der Waals surface area (Å²) in [5, 5.41) is 9.82. The minimum Gasteiger partial charge on any atom is -0.390 e. The molecule has 0 aliphatic rings. The van der Waals surface area contributed by atoms with Gasteiger partial charge in [0, 0.05) is 7.11 Å². The zero-order valence-corrected chi connectivity index (χ0v) is 9.85. The quantitative estimate of drug-likeness (QED) is 0.735. The van der Waals surface area contributed by atoms with Crippen molar-refractivity contribution < 1.29 is 9.84 Å². The molecule has 0 radical (unpaired) electrons. The molecule has 2 nitrogen and oxygen atoms in total. The van der Waals surface area contributed by atoms with E-state index in [2.05, 4.69) is 20.8 Å². The van der Waals surface area contributed by atoms with Crippen molar-refractivity contribution in [3.63, 3.8) is 0 Å². The van der Waals surface area contributed by atoms with Gasteiger partial charge < -0.3 is 9.84 Å². The van der Waals surface area contributed by atoms with Gasteiger partial charge in [-0.2, -0.15) is 0 Å². The third-order valence-electron chi connectivity index (χ3n) is 2.50. The summed E-state index contributed by atoms with van der Waals surface area (Å²) in [4.78, 5) is 0. The minimum absolute atomic E-state index is 0.283. The van der Waals surface area contributed by atoms with Crippen molar-refractivity contribution in [2.75, 3.05) is 7.11 Å². The van der Waals surface area contributed by atoms with Crippen LogP contribution in [-0.4, -0.2) is 23.9 Å². The van der Waals surface area contributed by atoms with E-state index in [1.807, 2.05) is 13.8 Å². The Morgan fingerprint density at radius 1 is 1.15 bits per heavy atom. The molecule has 0 spiro atoms. The van der Waals surface area contributed by atoms with Crippen LogP contribution in [0.15, 0.2) is 0 Å². The van der Waals surface area contributed by atoms with Gasteiger partial charge in [-0.15, -0.1) is 0 Å². The first-order valence-electron chi connectivity index (χ1n) is 4.92. The van der Waals surface area contributed by atoms with Crippen LogP contribution in [0.5, 0.6) is 0 Å². The summed E-state index contributed by atoms with van der Waals surface area (Å²) >= 11 is 0. The highest BCUT2D eigenvalue weighted by atomic mass is 16.5. The van der Waals surface area contributed by atoms with Gasteiger partial charge in [-0.3, -0.25) is 0 Å². The molecule has 0 aromatic carbocycles. The molecule has 0 amide bonds. The number of hydrogen-bond donors (Lipinski definition) is 1. The van der Waals surface area contributed by atoms with Crippen LogP contribution in [-0.2, 0) is 4.74 Å². The van der Waals surface area contributed by atoms with E-state index in [1.54, 1.807) is 7.11 Å². The summed E-state index contributed by atoms with van der Waals surface area (Å²) in [6, 6.07) is 0. The van der Waals surface area contributed by atoms with E-state index in [0.29, 0.717) is 0 Å². The van der Waals surface area contributed by atoms with Crippen molar-refractivity contribution >= 4 is 0 Å². The Balaban J connectivity index is 3.95. The Kier molecular flexibility index (Phi) is 4.40. The number of aliphatic hydroxyl groups excluding tert-OH is 1. The van der Waals surface area contributed by atoms with Crippen molar-refractivity contribution in [1.29, 1.82) is 0 Å². The summed E-state index contributed by atoms with van der Waals surface area (Å²) in [5.74, 6) is 0. The largest absolute Gasteiger partial charge is 0.390 e. The smallest absolute Gasteiger partial charge is 0.0880 e. The van der Waals surface area contributed by atoms with Crippen molar-refractivity contribution in [3.8, 4) is 0 Å². The number of methoxy groups -OCH3 is 1. The Morgan fingerprint density at radius 2 is 1.62 bits per heavy atom. The summed E-state index contributed by atoms with van der Waals surface area (Å²) in [5.41, 5.74) is -0.143. The maximum absolute atomic E-state index is 9.82. The van der Waals surface area contributed by atoms with Crippen LogP contribution in [0.1, 0.15) is 47.5 Å². The Bertz CT molecular complexity index is 145. The lowest BCUT2D eigenvalue weighted by Crippen LogP contribution is -2.38. The lowest BCUT2D eigenvalue weighted by Gasteiger charge is -2.31. The van der Waals surface area contributed by atoms with Gasteiger partial charge in [0.15, 0.2) is 0 Å². The molecule has 1 atom stereocenters. The van der Waals surface area contributed by atoms with E-state index in [9.17, 15) is 5.11 Å². The molecule has 0 heterocycles. The summed E-state index contributed by atoms with van der Waals surface area (Å²) in [6.45, 7) is 10.4. The second-order valence-electron chi connectivity index (χ2n) is 5.42. The van der Waals surface area contributed by atoms with E-state index in [1.165, 1.54) is 0 Å². The van der Waals surface area contributed by atoms with Crippen molar-refractivity contribution in [2.45, 2.75) is 59.2 Å². The first-order chi connectivity index (χ1) is 5.69. The van der Waals surface area contributed by atoms with Crippen molar-refractivity contribution in [1.82, 2.24) is 0 Å². The van der Waals surface area contributed by atoms with Gasteiger partial charge in [0.25, 0.3) is 0 Å². The van der Waals surface area contributed by atoms with Gasteiger partial charge in [-0.1, -0.05) is 20.8 Å². The molecule has 13 heavy (non-hydrogen) atoms. The van der Waals surface area contributed by atoms with E-state index < -0.39 is 5.60 Å². The normalized spacial score (nSPS) is 15.9. The predicted molar refractivity (Wildman–Crippen MR) is 55.8 cm³/mol. The molecule has 0 saturated heterocycles. The molecule has 0 aromatic rings. The fraction of sp³-hybridized carbons (Fsp3) is 1.00. The molecular formula is C11H24O2. The molecule has 0 aromatic heterocycles. The molecule has 2 heteroatoms. The standard InChI is InChI=1S/C11H24O2/c1-10(2,3)8-7-9(12)11(4,5)13-6/h9,12H,7-8H2,1-6H3. The number of rotatable bonds is 4. The van der Waals surface area contributed by atoms with E-state index in [-0.39, 0.29) is 11.5 Å². The van der Waals surface area contributed by atoms with Crippen LogP contribution in [0.2, 0.25) is 0 Å². The van der Waals surface area contributed by atoms with E-state index >= 15 is 0 Å². The Hall–Kier alpha value is -0.0800. The number of aliphatic hydroxyl groups is 1. The van der Waals surface area contributed by atoms with Crippen LogP contribution in [0, 0.1) is 5.41 Å². The highest BCUT2D eigenvalue weighted by Crippen LogP contribution is 2.25. The second-order valence-corrected chi connectivity index (χ2v) is 5.42. The number of hydrogen-bond acceptors (Lipinski definition) is 2. The lowest BCUT2D eigenvalue weighted by atomic mass is 9.86. The van der Waals surface area contributed by atoms with Gasteiger partial charge in [-0.05, 0) is 32.1 Å². The van der Waals surface area contributed by atoms with Crippen LogP contribution in [0.25, 0.3) is 0 Å². The monoisotopic (exact) mass is 188 g/mol. The number of ether oxygens (including phenoxy) is 1. The van der Waals surface area contributed by atoms with Gasteiger partial charge in [-0.25, -0.2) is 0 Å². The molecule has 80 valence electrons. The van der Waals surface area contributed by atoms with Crippen LogP contribution < -0.4 is 0 Å². The van der Waals surface area contributed by atoms with Gasteiger partial charge in [0.05, 0.1) is 11.7 Å². The summed E-state index contributed by atoms with van der Waals surface area (Å²) in [7, 11) is 1.64. The average molecular weight is 188 g/mol. The molecule has 0 aliphatic heterocycles. The van der Waals surface area contributed by atoms with Gasteiger partial charge in [0.1, 0.15) is 0 Å². The third kappa shape index (κ3) is 5.27. The topological polar surface area (TPSA) is 29.5 Å². The van der Waals surface area contributed by atoms with Gasteiger partial charge in [0.2, 0.25) is 0 Å². The van der Waals surface area contributed by atoms with Crippen LogP contribution in [0.4, 0.5) is 0 Å². The predicted octanol–water partition coefficient (Wildman–Crippen LogP) is 2.60. The van der Waals surface area contributed by atoms with Crippen molar-refractivity contribution in [3.05, 3.63) is 0 Å². The van der Waals surface area contributed by atoms with Crippen LogP contribution >= 0.6 is 0 Å². The maximum Gasteiger partial charge on any atom is 0.0880 e. The molecule has 1 unspecified atom stereocenters. The SMILES string of the molecule is COC(C)(C)C(O)CCC(C)(C)C. The fourth-order valence-electron chi connectivity index (χ4n) is 1.05. The fourth-order valence-corrected chi connectivity index (χ4v) is 1.05. The zero-order chi connectivity index (χ0) is 10.7. The third-order valence-corrected chi connectivity index (χ3v) is 2.50. The van der Waals surface area contributed by atoms with Crippen molar-refractivity contribution in [2.24, 2.45) is 5.41 Å². The molecule has 0 fully saturated rings.